The van der Waals surface area contributed by atoms with Crippen molar-refractivity contribution in [1.29, 1.82) is 0 Å². The molecule has 0 bridgehead atoms. The van der Waals surface area contributed by atoms with E-state index in [0.29, 0.717) is 5.91 Å². The number of rotatable bonds is 30. The summed E-state index contributed by atoms with van der Waals surface area (Å²) < 4.78 is 6.98. The predicted octanol–water partition coefficient (Wildman–Crippen LogP) is 7.05. The van der Waals surface area contributed by atoms with Gasteiger partial charge in [-0.3, -0.25) is 9.69 Å². The topological polar surface area (TPSA) is 29.5 Å². The summed E-state index contributed by atoms with van der Waals surface area (Å²) in [5.41, 5.74) is 0. The third-order valence-corrected chi connectivity index (χ3v) is 8.86. The van der Waals surface area contributed by atoms with Gasteiger partial charge in [0.15, 0.2) is 6.67 Å². The van der Waals surface area contributed by atoms with Gasteiger partial charge in [0.1, 0.15) is 0 Å². The second-order valence-electron chi connectivity index (χ2n) is 13.0. The Kier molecular flexibility index (Phi) is 28.6. The number of carbonyl (C=O) groups excluding carboxylic acids is 1. The third kappa shape index (κ3) is 23.3. The molecule has 5 heteroatoms. The Hall–Kier alpha value is -0.320. The van der Waals surface area contributed by atoms with Gasteiger partial charge in [-0.15, -0.1) is 0 Å². The van der Waals surface area contributed by atoms with Crippen LogP contribution in [0.2, 0.25) is 0 Å². The zero-order valence-corrected chi connectivity index (χ0v) is 28.3. The molecule has 1 unspecified atom stereocenters. The largest absolute Gasteiger partial charge is 1.00 e. The average Bonchev–Trinajstić information content (AvgIpc) is 3.33. The van der Waals surface area contributed by atoms with Crippen molar-refractivity contribution in [2.45, 2.75) is 174 Å². The van der Waals surface area contributed by atoms with E-state index in [1.165, 1.54) is 148 Å². The number of quaternary nitrogens is 1. The molecule has 1 rings (SSSR count). The van der Waals surface area contributed by atoms with E-state index in [2.05, 4.69) is 25.8 Å². The van der Waals surface area contributed by atoms with Gasteiger partial charge in [-0.25, -0.2) is 0 Å². The Bertz CT molecular complexity index is 547. The number of amides is 1. The minimum absolute atomic E-state index is 0. The molecule has 0 aromatic heterocycles. The number of nitrogens with zero attached hydrogens (tertiary/aromatic N) is 2. The lowest BCUT2D eigenvalue weighted by Crippen LogP contribution is -3.00. The van der Waals surface area contributed by atoms with Crippen LogP contribution in [-0.2, 0) is 9.53 Å². The van der Waals surface area contributed by atoms with Crippen LogP contribution in [0.1, 0.15) is 174 Å². The Morgan fingerprint density at radius 1 is 0.600 bits per heavy atom. The van der Waals surface area contributed by atoms with Crippen molar-refractivity contribution in [2.75, 3.05) is 46.6 Å². The summed E-state index contributed by atoms with van der Waals surface area (Å²) in [5.74, 6) is 0.366. The first kappa shape index (κ1) is 39.7. The van der Waals surface area contributed by atoms with E-state index < -0.39 is 0 Å². The van der Waals surface area contributed by atoms with Crippen molar-refractivity contribution in [2.24, 2.45) is 0 Å². The van der Waals surface area contributed by atoms with Crippen LogP contribution in [-0.4, -0.2) is 61.9 Å². The third-order valence-electron chi connectivity index (χ3n) is 8.86. The molecule has 0 aromatic carbocycles. The molecule has 0 saturated carbocycles. The maximum Gasteiger partial charge on any atom is 0.226 e. The first-order valence-corrected chi connectivity index (χ1v) is 17.8. The molecule has 1 fully saturated rings. The summed E-state index contributed by atoms with van der Waals surface area (Å²) in [6.07, 6.45) is 33.5. The smallest absolute Gasteiger partial charge is 0.226 e. The second kappa shape index (κ2) is 28.8. The van der Waals surface area contributed by atoms with E-state index in [-0.39, 0.29) is 12.4 Å². The Morgan fingerprint density at radius 3 is 1.45 bits per heavy atom. The first-order valence-electron chi connectivity index (χ1n) is 17.8. The number of halogens is 1. The van der Waals surface area contributed by atoms with E-state index in [4.69, 9.17) is 4.74 Å². The predicted molar refractivity (Wildman–Crippen MR) is 170 cm³/mol. The molecule has 0 N–H and O–H groups in total. The molecule has 0 aliphatic carbocycles. The van der Waals surface area contributed by atoms with Gasteiger partial charge in [0.25, 0.3) is 0 Å². The van der Waals surface area contributed by atoms with Crippen LogP contribution in [0.3, 0.4) is 0 Å². The lowest BCUT2D eigenvalue weighted by molar-refractivity contribution is -0.918. The van der Waals surface area contributed by atoms with Crippen molar-refractivity contribution in [3.63, 3.8) is 0 Å². The lowest BCUT2D eigenvalue weighted by atomic mass is 10.0. The number of hydrogen-bond acceptors (Lipinski definition) is 2. The van der Waals surface area contributed by atoms with E-state index in [1.54, 1.807) is 0 Å². The van der Waals surface area contributed by atoms with Crippen LogP contribution in [0, 0.1) is 0 Å². The molecule has 0 aromatic rings. The van der Waals surface area contributed by atoms with Gasteiger partial charge in [0, 0.05) is 26.0 Å². The van der Waals surface area contributed by atoms with Gasteiger partial charge in [-0.1, -0.05) is 136 Å². The fourth-order valence-corrected chi connectivity index (χ4v) is 6.20. The summed E-state index contributed by atoms with van der Waals surface area (Å²) in [5, 5.41) is 0. The Labute approximate surface area is 257 Å². The minimum Gasteiger partial charge on any atom is -1.00 e. The maximum absolute atomic E-state index is 12.3. The van der Waals surface area contributed by atoms with Crippen LogP contribution >= 0.6 is 0 Å². The summed E-state index contributed by atoms with van der Waals surface area (Å²) in [6, 6.07) is 0. The van der Waals surface area contributed by atoms with Crippen molar-refractivity contribution in [3.05, 3.63) is 0 Å². The van der Waals surface area contributed by atoms with Gasteiger partial charge in [0.2, 0.25) is 5.91 Å². The summed E-state index contributed by atoms with van der Waals surface area (Å²) >= 11 is 0. The fourth-order valence-electron chi connectivity index (χ4n) is 6.20. The molecule has 1 heterocycles. The zero-order valence-electron chi connectivity index (χ0n) is 27.5. The highest BCUT2D eigenvalue weighted by molar-refractivity contribution is 5.77. The molecule has 1 atom stereocenters. The van der Waals surface area contributed by atoms with E-state index >= 15 is 0 Å². The number of hydrogen-bond donors (Lipinski definition) is 0. The highest BCUT2D eigenvalue weighted by Gasteiger charge is 2.29. The van der Waals surface area contributed by atoms with Crippen LogP contribution in [0.15, 0.2) is 0 Å². The Balaban J connectivity index is 0.0000152. The monoisotopic (exact) mass is 587 g/mol. The maximum atomic E-state index is 12.3. The number of unbranched alkanes of at least 4 members (excludes halogenated alkanes) is 20. The van der Waals surface area contributed by atoms with Gasteiger partial charge in [-0.2, -0.15) is 0 Å². The van der Waals surface area contributed by atoms with Gasteiger partial charge in [0.05, 0.1) is 26.7 Å². The summed E-state index contributed by atoms with van der Waals surface area (Å²) in [4.78, 5) is 14.4. The molecular weight excluding hydrogens is 516 g/mol. The van der Waals surface area contributed by atoms with Crippen molar-refractivity contribution in [1.82, 2.24) is 4.90 Å². The molecule has 1 aliphatic rings. The fraction of sp³-hybridized carbons (Fsp3) is 0.971. The second-order valence-corrected chi connectivity index (χ2v) is 13.0. The standard InChI is InChI=1S/C35H71N2O2.ClH/c1-4-6-8-10-12-13-14-15-16-17-18-19-20-21-22-24-30-37(3,34-36-29-26-28-35(36)38)31-27-33-39-32-25-23-11-9-7-5-2;/h4-34H2,1-3H3;1H/q+1;/p-1. The van der Waals surface area contributed by atoms with Crippen molar-refractivity contribution >= 4 is 5.91 Å². The van der Waals surface area contributed by atoms with Gasteiger partial charge in [-0.05, 0) is 25.7 Å². The highest BCUT2D eigenvalue weighted by Crippen LogP contribution is 2.18. The first-order chi connectivity index (χ1) is 19.1. The normalized spacial score (nSPS) is 15.0. The lowest BCUT2D eigenvalue weighted by Gasteiger charge is -2.37. The van der Waals surface area contributed by atoms with Crippen LogP contribution in [0.25, 0.3) is 0 Å². The molecule has 0 radical (unpaired) electrons. The van der Waals surface area contributed by atoms with Crippen LogP contribution in [0.4, 0.5) is 0 Å². The van der Waals surface area contributed by atoms with Crippen LogP contribution in [0.5, 0.6) is 0 Å². The van der Waals surface area contributed by atoms with Gasteiger partial charge >= 0.3 is 0 Å². The van der Waals surface area contributed by atoms with E-state index in [9.17, 15) is 4.79 Å². The summed E-state index contributed by atoms with van der Waals surface area (Å²) in [7, 11) is 2.38. The minimum atomic E-state index is 0. The Morgan fingerprint density at radius 2 is 1.00 bits per heavy atom. The molecule has 1 aliphatic heterocycles. The number of ether oxygens (including phenoxy) is 1. The number of likely N-dealkylation sites (tertiary alicyclic amines) is 1. The molecule has 1 saturated heterocycles. The zero-order chi connectivity index (χ0) is 28.3. The van der Waals surface area contributed by atoms with Crippen LogP contribution < -0.4 is 12.4 Å². The molecule has 4 nitrogen and oxygen atoms in total. The van der Waals surface area contributed by atoms with E-state index in [1.807, 2.05) is 0 Å². The molecule has 40 heavy (non-hydrogen) atoms. The highest BCUT2D eigenvalue weighted by atomic mass is 35.5. The molecular formula is C35H71ClN2O2. The van der Waals surface area contributed by atoms with E-state index in [0.717, 1.165) is 56.7 Å². The number of carbonyl (C=O) groups is 1. The molecule has 240 valence electrons. The average molecular weight is 587 g/mol. The molecule has 1 amide bonds. The summed E-state index contributed by atoms with van der Waals surface area (Å²) in [6.45, 7) is 10.5. The quantitative estimate of drug-likeness (QED) is 0.0667. The molecule has 0 spiro atoms. The van der Waals surface area contributed by atoms with Gasteiger partial charge < -0.3 is 21.6 Å². The SMILES string of the molecule is CCCCCCCCCCCCCCCCCC[N+](C)(CCCOCCCCCCCC)CN1CCCC1=O.[Cl-]. The van der Waals surface area contributed by atoms with Crippen molar-refractivity contribution < 1.29 is 26.4 Å². The van der Waals surface area contributed by atoms with Crippen molar-refractivity contribution in [3.8, 4) is 0 Å².